The van der Waals surface area contributed by atoms with Gasteiger partial charge < -0.3 is 4.74 Å². The van der Waals surface area contributed by atoms with Crippen LogP contribution >= 0.6 is 0 Å². The Hall–Kier alpha value is -0.600. The molecule has 0 aliphatic heterocycles. The lowest BCUT2D eigenvalue weighted by Crippen LogP contribution is -1.90. The molecule has 0 N–H and O–H groups in total. The molecule has 0 spiro atoms. The largest absolute Gasteiger partial charge is 0.468 e. The highest BCUT2D eigenvalue weighted by atomic mass is 19.1. The van der Waals surface area contributed by atoms with E-state index in [1.165, 1.54) is 0 Å². The van der Waals surface area contributed by atoms with E-state index >= 15 is 0 Å². The molecule has 0 amide bonds. The van der Waals surface area contributed by atoms with Gasteiger partial charge in [-0.05, 0) is 6.58 Å². The number of hydrogen-bond acceptors (Lipinski definition) is 1. The summed E-state index contributed by atoms with van der Waals surface area (Å²) in [7, 11) is 0. The topological polar surface area (TPSA) is 9.23 Å². The van der Waals surface area contributed by atoms with E-state index in [0.29, 0.717) is 0 Å². The average Bonchev–Trinajstić information content (AvgIpc) is 1.61. The van der Waals surface area contributed by atoms with Crippen molar-refractivity contribution in [2.24, 2.45) is 0 Å². The van der Waals surface area contributed by atoms with Crippen LogP contribution in [0.15, 0.2) is 12.6 Å². The summed E-state index contributed by atoms with van der Waals surface area (Å²) in [6, 6.07) is -0.933. The Balaban J connectivity index is 2.82. The molecule has 0 atom stereocenters. The second kappa shape index (κ2) is 3.59. The molecule has 0 fully saturated rings. The maximum atomic E-state index is 11.3. The SMILES string of the molecule is C=C(F)OCCF. The summed E-state index contributed by atoms with van der Waals surface area (Å²) in [6.07, 6.45) is 0. The zero-order valence-electron chi connectivity index (χ0n) is 3.79. The first-order valence-corrected chi connectivity index (χ1v) is 1.80. The first kappa shape index (κ1) is 6.40. The molecule has 3 heteroatoms. The van der Waals surface area contributed by atoms with Gasteiger partial charge in [0, 0.05) is 0 Å². The van der Waals surface area contributed by atoms with Crippen molar-refractivity contribution in [1.82, 2.24) is 0 Å². The van der Waals surface area contributed by atoms with Crippen molar-refractivity contribution < 1.29 is 13.5 Å². The van der Waals surface area contributed by atoms with Crippen LogP contribution in [0.25, 0.3) is 0 Å². The summed E-state index contributed by atoms with van der Waals surface area (Å²) in [5.74, 6) is 0. The zero-order chi connectivity index (χ0) is 5.70. The summed E-state index contributed by atoms with van der Waals surface area (Å²) in [4.78, 5) is 0. The van der Waals surface area contributed by atoms with Crippen LogP contribution in [0.3, 0.4) is 0 Å². The molecule has 0 radical (unpaired) electrons. The molecule has 7 heavy (non-hydrogen) atoms. The summed E-state index contributed by atoms with van der Waals surface area (Å²) in [6.45, 7) is 1.82. The first-order valence-electron chi connectivity index (χ1n) is 1.80. The predicted octanol–water partition coefficient (Wildman–Crippen LogP) is 1.41. The van der Waals surface area contributed by atoms with E-state index in [2.05, 4.69) is 11.3 Å². The van der Waals surface area contributed by atoms with Gasteiger partial charge in [0.25, 0.3) is 6.01 Å². The van der Waals surface area contributed by atoms with Crippen molar-refractivity contribution in [3.8, 4) is 0 Å². The van der Waals surface area contributed by atoms with Crippen LogP contribution in [-0.2, 0) is 4.74 Å². The van der Waals surface area contributed by atoms with E-state index in [9.17, 15) is 8.78 Å². The quantitative estimate of drug-likeness (QED) is 0.497. The molecule has 0 rings (SSSR count). The summed E-state index contributed by atoms with van der Waals surface area (Å²) >= 11 is 0. The number of hydrogen-bond donors (Lipinski definition) is 0. The van der Waals surface area contributed by atoms with E-state index < -0.39 is 12.7 Å². The van der Waals surface area contributed by atoms with Crippen LogP contribution in [0.5, 0.6) is 0 Å². The Kier molecular flexibility index (Phi) is 3.28. The van der Waals surface area contributed by atoms with Gasteiger partial charge in [0.2, 0.25) is 0 Å². The van der Waals surface area contributed by atoms with Gasteiger partial charge in [-0.25, -0.2) is 4.39 Å². The van der Waals surface area contributed by atoms with E-state index in [-0.39, 0.29) is 6.61 Å². The lowest BCUT2D eigenvalue weighted by Gasteiger charge is -1.93. The van der Waals surface area contributed by atoms with Crippen LogP contribution < -0.4 is 0 Å². The van der Waals surface area contributed by atoms with Gasteiger partial charge in [-0.15, -0.1) is 0 Å². The fourth-order valence-corrected chi connectivity index (χ4v) is 0.149. The minimum absolute atomic E-state index is 0.241. The molecule has 42 valence electrons. The second-order valence-corrected chi connectivity index (χ2v) is 0.893. The minimum atomic E-state index is -0.933. The predicted molar refractivity (Wildman–Crippen MR) is 22.2 cm³/mol. The Morgan fingerprint density at radius 3 is 2.43 bits per heavy atom. The molecular formula is C4H6F2O. The average molecular weight is 108 g/mol. The molecule has 0 unspecified atom stereocenters. The van der Waals surface area contributed by atoms with Crippen molar-refractivity contribution >= 4 is 0 Å². The van der Waals surface area contributed by atoms with Gasteiger partial charge >= 0.3 is 0 Å². The van der Waals surface area contributed by atoms with Crippen molar-refractivity contribution in [3.63, 3.8) is 0 Å². The van der Waals surface area contributed by atoms with E-state index in [4.69, 9.17) is 0 Å². The third-order valence-corrected chi connectivity index (χ3v) is 0.336. The monoisotopic (exact) mass is 108 g/mol. The number of ether oxygens (including phenoxy) is 1. The van der Waals surface area contributed by atoms with Gasteiger partial charge in [-0.2, -0.15) is 4.39 Å². The highest BCUT2D eigenvalue weighted by molar-refractivity contribution is 4.62. The van der Waals surface area contributed by atoms with E-state index in [1.54, 1.807) is 0 Å². The number of alkyl halides is 1. The molecule has 1 nitrogen and oxygen atoms in total. The zero-order valence-corrected chi connectivity index (χ0v) is 3.79. The third kappa shape index (κ3) is 5.40. The van der Waals surface area contributed by atoms with Gasteiger partial charge in [0.15, 0.2) is 0 Å². The second-order valence-electron chi connectivity index (χ2n) is 0.893. The van der Waals surface area contributed by atoms with Crippen molar-refractivity contribution in [2.75, 3.05) is 13.3 Å². The molecule has 0 aliphatic rings. The van der Waals surface area contributed by atoms with Crippen molar-refractivity contribution in [1.29, 1.82) is 0 Å². The molecule has 0 saturated heterocycles. The maximum absolute atomic E-state index is 11.3. The van der Waals surface area contributed by atoms with Gasteiger partial charge in [-0.1, -0.05) is 0 Å². The van der Waals surface area contributed by atoms with Crippen LogP contribution in [0.2, 0.25) is 0 Å². The van der Waals surface area contributed by atoms with Gasteiger partial charge in [0.1, 0.15) is 13.3 Å². The Bertz CT molecular complexity index is 62.7. The van der Waals surface area contributed by atoms with Crippen LogP contribution in [0, 0.1) is 0 Å². The van der Waals surface area contributed by atoms with Gasteiger partial charge in [-0.3, -0.25) is 0 Å². The van der Waals surface area contributed by atoms with Crippen LogP contribution in [0.1, 0.15) is 0 Å². The number of rotatable bonds is 3. The summed E-state index contributed by atoms with van der Waals surface area (Å²) in [5, 5.41) is 0. The van der Waals surface area contributed by atoms with Crippen LogP contribution in [-0.4, -0.2) is 13.3 Å². The summed E-state index contributed by atoms with van der Waals surface area (Å²) in [5.41, 5.74) is 0. The molecule has 0 bridgehead atoms. The Labute approximate surface area is 40.6 Å². The molecule has 0 saturated carbocycles. The summed E-state index contributed by atoms with van der Waals surface area (Å²) < 4.78 is 26.3. The fraction of sp³-hybridized carbons (Fsp3) is 0.500. The Morgan fingerprint density at radius 2 is 2.29 bits per heavy atom. The normalized spacial score (nSPS) is 8.29. The standard InChI is InChI=1S/C4H6F2O/c1-4(6)7-3-2-5/h1-3H2. The highest BCUT2D eigenvalue weighted by Crippen LogP contribution is 1.91. The van der Waals surface area contributed by atoms with Crippen LogP contribution in [0.4, 0.5) is 8.78 Å². The van der Waals surface area contributed by atoms with E-state index in [1.807, 2.05) is 0 Å². The molecule has 0 aromatic rings. The maximum Gasteiger partial charge on any atom is 0.265 e. The molecular weight excluding hydrogens is 102 g/mol. The van der Waals surface area contributed by atoms with Crippen molar-refractivity contribution in [2.45, 2.75) is 0 Å². The van der Waals surface area contributed by atoms with Gasteiger partial charge in [0.05, 0.1) is 0 Å². The molecule has 0 aromatic heterocycles. The smallest absolute Gasteiger partial charge is 0.265 e. The molecule has 0 aliphatic carbocycles. The molecule has 0 heterocycles. The third-order valence-electron chi connectivity index (χ3n) is 0.336. The fourth-order valence-electron chi connectivity index (χ4n) is 0.149. The van der Waals surface area contributed by atoms with Crippen molar-refractivity contribution in [3.05, 3.63) is 12.6 Å². The number of halogens is 2. The first-order chi connectivity index (χ1) is 3.27. The highest BCUT2D eigenvalue weighted by Gasteiger charge is 1.85. The molecule has 0 aromatic carbocycles. The lowest BCUT2D eigenvalue weighted by atomic mass is 10.8. The Morgan fingerprint density at radius 1 is 1.71 bits per heavy atom. The van der Waals surface area contributed by atoms with E-state index in [0.717, 1.165) is 0 Å². The minimum Gasteiger partial charge on any atom is -0.468 e. The lowest BCUT2D eigenvalue weighted by molar-refractivity contribution is 0.132.